The number of aliphatic hydroxyl groups excluding tert-OH is 1. The van der Waals surface area contributed by atoms with E-state index in [1.54, 1.807) is 11.8 Å². The quantitative estimate of drug-likeness (QED) is 0.306. The molecule has 2 atom stereocenters. The fourth-order valence-corrected chi connectivity index (χ4v) is 2.79. The number of hydrogen-bond acceptors (Lipinski definition) is 4. The van der Waals surface area contributed by atoms with E-state index < -0.39 is 0 Å². The molecule has 5 heteroatoms. The monoisotopic (exact) mass is 268 g/mol. The van der Waals surface area contributed by atoms with Gasteiger partial charge in [0.15, 0.2) is 0 Å². The van der Waals surface area contributed by atoms with Gasteiger partial charge in [-0.3, -0.25) is 0 Å². The van der Waals surface area contributed by atoms with Crippen molar-refractivity contribution in [2.24, 2.45) is 10.9 Å². The van der Waals surface area contributed by atoms with Gasteiger partial charge in [0.1, 0.15) is 5.84 Å². The zero-order chi connectivity index (χ0) is 13.4. The van der Waals surface area contributed by atoms with Gasteiger partial charge in [0.05, 0.1) is 5.92 Å². The molecule has 0 fully saturated rings. The van der Waals surface area contributed by atoms with E-state index in [1.165, 1.54) is 0 Å². The largest absolute Gasteiger partial charge is 0.409 e. The molecule has 0 saturated heterocycles. The molecular formula is C13H20N2O2S. The minimum Gasteiger partial charge on any atom is -0.409 e. The van der Waals surface area contributed by atoms with Crippen molar-refractivity contribution in [2.45, 2.75) is 24.5 Å². The van der Waals surface area contributed by atoms with Gasteiger partial charge in [0.2, 0.25) is 0 Å². The summed E-state index contributed by atoms with van der Waals surface area (Å²) in [5.41, 5.74) is 6.79. The van der Waals surface area contributed by atoms with Gasteiger partial charge in [0.25, 0.3) is 0 Å². The highest BCUT2D eigenvalue weighted by molar-refractivity contribution is 7.99. The van der Waals surface area contributed by atoms with Crippen LogP contribution in [-0.2, 0) is 0 Å². The number of rotatable bonds is 7. The maximum absolute atomic E-state index is 8.87. The lowest BCUT2D eigenvalue weighted by atomic mass is 10.0. The number of nitrogens with zero attached hydrogens (tertiary/aromatic N) is 1. The summed E-state index contributed by atoms with van der Waals surface area (Å²) in [7, 11) is 0. The molecule has 0 radical (unpaired) electrons. The molecule has 0 aliphatic rings. The van der Waals surface area contributed by atoms with E-state index in [0.29, 0.717) is 5.25 Å². The molecule has 0 aliphatic carbocycles. The molecule has 4 N–H and O–H groups in total. The summed E-state index contributed by atoms with van der Waals surface area (Å²) < 4.78 is 0. The Labute approximate surface area is 112 Å². The number of hydrogen-bond donors (Lipinski definition) is 3. The Balaban J connectivity index is 2.69. The SMILES string of the molecule is CC(CCO)SCC(C(N)=NO)c1ccccc1. The van der Waals surface area contributed by atoms with Gasteiger partial charge in [-0.2, -0.15) is 11.8 Å². The van der Waals surface area contributed by atoms with Crippen LogP contribution < -0.4 is 5.73 Å². The Kier molecular flexibility index (Phi) is 6.60. The highest BCUT2D eigenvalue weighted by atomic mass is 32.2. The molecule has 0 bridgehead atoms. The molecule has 0 heterocycles. The molecule has 0 saturated carbocycles. The maximum Gasteiger partial charge on any atom is 0.147 e. The molecule has 100 valence electrons. The standard InChI is InChI=1S/C13H20N2O2S/c1-10(7-8-16)18-9-12(13(14)15-17)11-5-3-2-4-6-11/h2-6,10,12,16-17H,7-9H2,1H3,(H2,14,15). The second-order valence-corrected chi connectivity index (χ2v) is 5.62. The van der Waals surface area contributed by atoms with Gasteiger partial charge in [0, 0.05) is 17.6 Å². The predicted octanol–water partition coefficient (Wildman–Crippen LogP) is 2.02. The van der Waals surface area contributed by atoms with Crippen molar-refractivity contribution in [3.05, 3.63) is 35.9 Å². The van der Waals surface area contributed by atoms with E-state index in [2.05, 4.69) is 12.1 Å². The molecular weight excluding hydrogens is 248 g/mol. The molecule has 1 aromatic rings. The van der Waals surface area contributed by atoms with Crippen LogP contribution in [0.2, 0.25) is 0 Å². The molecule has 0 amide bonds. The summed E-state index contributed by atoms with van der Waals surface area (Å²) in [6, 6.07) is 9.76. The fraction of sp³-hybridized carbons (Fsp3) is 0.462. The first-order valence-corrected chi connectivity index (χ1v) is 6.98. The first-order chi connectivity index (χ1) is 8.69. The van der Waals surface area contributed by atoms with Gasteiger partial charge in [-0.1, -0.05) is 42.4 Å². The first-order valence-electron chi connectivity index (χ1n) is 5.93. The Morgan fingerprint density at radius 2 is 2.06 bits per heavy atom. The van der Waals surface area contributed by atoms with Crippen molar-refractivity contribution in [2.75, 3.05) is 12.4 Å². The Morgan fingerprint density at radius 1 is 1.39 bits per heavy atom. The minimum atomic E-state index is -0.0951. The zero-order valence-corrected chi connectivity index (χ0v) is 11.3. The number of aliphatic hydroxyl groups is 1. The highest BCUT2D eigenvalue weighted by Crippen LogP contribution is 2.24. The summed E-state index contributed by atoms with van der Waals surface area (Å²) in [4.78, 5) is 0. The van der Waals surface area contributed by atoms with Gasteiger partial charge >= 0.3 is 0 Å². The number of nitrogens with two attached hydrogens (primary N) is 1. The van der Waals surface area contributed by atoms with E-state index in [1.807, 2.05) is 30.3 Å². The van der Waals surface area contributed by atoms with Crippen molar-refractivity contribution in [3.63, 3.8) is 0 Å². The molecule has 1 rings (SSSR count). The Bertz CT molecular complexity index is 371. The number of benzene rings is 1. The van der Waals surface area contributed by atoms with Crippen LogP contribution in [0.1, 0.15) is 24.8 Å². The van der Waals surface area contributed by atoms with Crippen molar-refractivity contribution in [1.82, 2.24) is 0 Å². The molecule has 4 nitrogen and oxygen atoms in total. The second-order valence-electron chi connectivity index (χ2n) is 4.14. The Hall–Kier alpha value is -1.20. The summed E-state index contributed by atoms with van der Waals surface area (Å²) in [6.07, 6.45) is 0.752. The van der Waals surface area contributed by atoms with E-state index in [4.69, 9.17) is 16.0 Å². The summed E-state index contributed by atoms with van der Waals surface area (Å²) >= 11 is 1.72. The van der Waals surface area contributed by atoms with E-state index in [9.17, 15) is 0 Å². The van der Waals surface area contributed by atoms with Crippen LogP contribution >= 0.6 is 11.8 Å². The fourth-order valence-electron chi connectivity index (χ4n) is 1.63. The lowest BCUT2D eigenvalue weighted by Gasteiger charge is -2.18. The minimum absolute atomic E-state index is 0.0951. The third kappa shape index (κ3) is 4.58. The predicted molar refractivity (Wildman–Crippen MR) is 76.2 cm³/mol. The normalized spacial score (nSPS) is 15.3. The third-order valence-electron chi connectivity index (χ3n) is 2.76. The van der Waals surface area contributed by atoms with E-state index in [0.717, 1.165) is 17.7 Å². The van der Waals surface area contributed by atoms with Crippen LogP contribution in [0.15, 0.2) is 35.5 Å². The van der Waals surface area contributed by atoms with Crippen LogP contribution in [0.25, 0.3) is 0 Å². The number of oxime groups is 1. The van der Waals surface area contributed by atoms with Crippen LogP contribution in [0, 0.1) is 0 Å². The van der Waals surface area contributed by atoms with Gasteiger partial charge in [-0.15, -0.1) is 0 Å². The van der Waals surface area contributed by atoms with Crippen molar-refractivity contribution in [1.29, 1.82) is 0 Å². The second kappa shape index (κ2) is 8.00. The molecule has 0 aromatic heterocycles. The summed E-state index contributed by atoms with van der Waals surface area (Å²) in [5, 5.41) is 21.2. The van der Waals surface area contributed by atoms with Crippen LogP contribution in [-0.4, -0.2) is 33.8 Å². The van der Waals surface area contributed by atoms with Gasteiger partial charge in [-0.05, 0) is 12.0 Å². The van der Waals surface area contributed by atoms with Gasteiger partial charge in [-0.25, -0.2) is 0 Å². The van der Waals surface area contributed by atoms with Crippen LogP contribution in [0.3, 0.4) is 0 Å². The lowest BCUT2D eigenvalue weighted by molar-refractivity contribution is 0.289. The van der Waals surface area contributed by atoms with Crippen molar-refractivity contribution >= 4 is 17.6 Å². The lowest BCUT2D eigenvalue weighted by Crippen LogP contribution is -2.24. The van der Waals surface area contributed by atoms with Gasteiger partial charge < -0.3 is 16.0 Å². The van der Waals surface area contributed by atoms with E-state index in [-0.39, 0.29) is 18.4 Å². The zero-order valence-electron chi connectivity index (χ0n) is 10.5. The molecule has 0 aliphatic heterocycles. The topological polar surface area (TPSA) is 78.8 Å². The first kappa shape index (κ1) is 14.9. The Morgan fingerprint density at radius 3 is 2.61 bits per heavy atom. The van der Waals surface area contributed by atoms with E-state index >= 15 is 0 Å². The average molecular weight is 268 g/mol. The summed E-state index contributed by atoms with van der Waals surface area (Å²) in [5.74, 6) is 0.869. The smallest absolute Gasteiger partial charge is 0.147 e. The molecule has 0 spiro atoms. The highest BCUT2D eigenvalue weighted by Gasteiger charge is 2.17. The third-order valence-corrected chi connectivity index (χ3v) is 4.09. The summed E-state index contributed by atoms with van der Waals surface area (Å²) in [6.45, 7) is 2.25. The van der Waals surface area contributed by atoms with Crippen LogP contribution in [0.5, 0.6) is 0 Å². The number of amidine groups is 1. The average Bonchev–Trinajstić information content (AvgIpc) is 2.40. The van der Waals surface area contributed by atoms with Crippen molar-refractivity contribution < 1.29 is 10.3 Å². The molecule has 18 heavy (non-hydrogen) atoms. The van der Waals surface area contributed by atoms with Crippen LogP contribution in [0.4, 0.5) is 0 Å². The molecule has 2 unspecified atom stereocenters. The molecule has 1 aromatic carbocycles. The number of thioether (sulfide) groups is 1. The maximum atomic E-state index is 8.87. The van der Waals surface area contributed by atoms with Crippen molar-refractivity contribution in [3.8, 4) is 0 Å².